The van der Waals surface area contributed by atoms with Crippen LogP contribution in [0.15, 0.2) is 54.6 Å². The Labute approximate surface area is 169 Å². The van der Waals surface area contributed by atoms with E-state index in [9.17, 15) is 4.79 Å². The lowest BCUT2D eigenvalue weighted by Gasteiger charge is -2.19. The number of fused-ring (bicyclic) bond motifs is 1. The molecule has 2 aromatic carbocycles. The molecule has 1 aromatic heterocycles. The van der Waals surface area contributed by atoms with Gasteiger partial charge in [0.25, 0.3) is 5.91 Å². The molecule has 0 saturated carbocycles. The minimum atomic E-state index is -0.225. The summed E-state index contributed by atoms with van der Waals surface area (Å²) in [5.74, 6) is 2.24. The second-order valence-corrected chi connectivity index (χ2v) is 6.66. The molecule has 0 fully saturated rings. The second-order valence-electron chi connectivity index (χ2n) is 6.66. The monoisotopic (exact) mass is 390 g/mol. The molecule has 0 radical (unpaired) electrons. The van der Waals surface area contributed by atoms with Crippen molar-refractivity contribution in [1.29, 1.82) is 0 Å². The smallest absolute Gasteiger partial charge is 0.270 e. The maximum absolute atomic E-state index is 12.5. The highest BCUT2D eigenvalue weighted by atomic mass is 16.6. The first-order valence-corrected chi connectivity index (χ1v) is 9.52. The van der Waals surface area contributed by atoms with Gasteiger partial charge in [-0.15, -0.1) is 0 Å². The summed E-state index contributed by atoms with van der Waals surface area (Å²) >= 11 is 0. The topological polar surface area (TPSA) is 85.4 Å². The molecule has 0 unspecified atom stereocenters. The average Bonchev–Trinajstić information content (AvgIpc) is 2.74. The van der Waals surface area contributed by atoms with Crippen molar-refractivity contribution in [2.75, 3.05) is 25.1 Å². The fourth-order valence-corrected chi connectivity index (χ4v) is 3.07. The lowest BCUT2D eigenvalue weighted by molar-refractivity contribution is 0.0949. The number of amides is 1. The number of nitrogens with zero attached hydrogens (tertiary/aromatic N) is 2. The minimum absolute atomic E-state index is 0.225. The van der Waals surface area contributed by atoms with Crippen LogP contribution in [0.2, 0.25) is 0 Å². The van der Waals surface area contributed by atoms with E-state index in [0.29, 0.717) is 42.8 Å². The van der Waals surface area contributed by atoms with Crippen molar-refractivity contribution in [3.63, 3.8) is 0 Å². The summed E-state index contributed by atoms with van der Waals surface area (Å²) in [6, 6.07) is 17.2. The minimum Gasteiger partial charge on any atom is -0.486 e. The van der Waals surface area contributed by atoms with Gasteiger partial charge in [-0.3, -0.25) is 4.79 Å². The van der Waals surface area contributed by atoms with E-state index in [0.717, 1.165) is 17.9 Å². The Morgan fingerprint density at radius 3 is 2.62 bits per heavy atom. The van der Waals surface area contributed by atoms with Gasteiger partial charge in [0.15, 0.2) is 11.5 Å². The van der Waals surface area contributed by atoms with Gasteiger partial charge in [-0.1, -0.05) is 30.3 Å². The van der Waals surface area contributed by atoms with Crippen LogP contribution in [0.3, 0.4) is 0 Å². The number of rotatable bonds is 6. The van der Waals surface area contributed by atoms with Gasteiger partial charge < -0.3 is 20.1 Å². The van der Waals surface area contributed by atoms with E-state index in [1.165, 1.54) is 5.56 Å². The van der Waals surface area contributed by atoms with E-state index >= 15 is 0 Å². The second kappa shape index (κ2) is 8.60. The van der Waals surface area contributed by atoms with Crippen LogP contribution in [0, 0.1) is 6.92 Å². The van der Waals surface area contributed by atoms with E-state index in [2.05, 4.69) is 20.6 Å². The molecule has 1 amide bonds. The maximum Gasteiger partial charge on any atom is 0.270 e. The van der Waals surface area contributed by atoms with Crippen molar-refractivity contribution < 1.29 is 14.3 Å². The van der Waals surface area contributed by atoms with Gasteiger partial charge in [0.1, 0.15) is 30.5 Å². The number of aromatic nitrogens is 2. The van der Waals surface area contributed by atoms with E-state index in [1.54, 1.807) is 13.0 Å². The van der Waals surface area contributed by atoms with Crippen molar-refractivity contribution in [3.8, 4) is 11.5 Å². The molecule has 29 heavy (non-hydrogen) atoms. The molecule has 1 aliphatic rings. The van der Waals surface area contributed by atoms with Crippen molar-refractivity contribution in [3.05, 3.63) is 71.7 Å². The molecule has 2 N–H and O–H groups in total. The number of ether oxygens (including phenoxy) is 2. The molecule has 7 heteroatoms. The van der Waals surface area contributed by atoms with E-state index in [1.807, 2.05) is 48.5 Å². The van der Waals surface area contributed by atoms with Gasteiger partial charge in [-0.2, -0.15) is 0 Å². The molecule has 0 saturated heterocycles. The molecule has 4 rings (SSSR count). The summed E-state index contributed by atoms with van der Waals surface area (Å²) in [5.41, 5.74) is 2.29. The summed E-state index contributed by atoms with van der Waals surface area (Å²) in [6.45, 7) is 3.37. The van der Waals surface area contributed by atoms with Crippen LogP contribution in [0.5, 0.6) is 11.5 Å². The first kappa shape index (κ1) is 18.7. The van der Waals surface area contributed by atoms with Crippen LogP contribution < -0.4 is 20.1 Å². The van der Waals surface area contributed by atoms with Gasteiger partial charge in [0, 0.05) is 24.4 Å². The Kier molecular flexibility index (Phi) is 5.56. The molecule has 0 spiro atoms. The highest BCUT2D eigenvalue weighted by molar-refractivity contribution is 5.93. The highest BCUT2D eigenvalue weighted by Gasteiger charge is 2.14. The van der Waals surface area contributed by atoms with Crippen LogP contribution in [0.25, 0.3) is 0 Å². The summed E-state index contributed by atoms with van der Waals surface area (Å²) in [7, 11) is 0. The predicted molar refractivity (Wildman–Crippen MR) is 110 cm³/mol. The fraction of sp³-hybridized carbons (Fsp3) is 0.227. The normalized spacial score (nSPS) is 12.3. The maximum atomic E-state index is 12.5. The third kappa shape index (κ3) is 4.82. The molecule has 1 aliphatic heterocycles. The van der Waals surface area contributed by atoms with Crippen molar-refractivity contribution in [2.24, 2.45) is 0 Å². The Balaban J connectivity index is 1.42. The zero-order chi connectivity index (χ0) is 20.1. The number of benzene rings is 2. The number of carbonyl (C=O) groups is 1. The lowest BCUT2D eigenvalue weighted by Crippen LogP contribution is -2.27. The van der Waals surface area contributed by atoms with Crippen molar-refractivity contribution >= 4 is 17.4 Å². The summed E-state index contributed by atoms with van der Waals surface area (Å²) in [4.78, 5) is 21.2. The molecule has 7 nitrogen and oxygen atoms in total. The molecule has 148 valence electrons. The Morgan fingerprint density at radius 2 is 1.79 bits per heavy atom. The summed E-state index contributed by atoms with van der Waals surface area (Å²) in [6.07, 6.45) is 0.763. The number of hydrogen-bond donors (Lipinski definition) is 2. The molecule has 0 aliphatic carbocycles. The van der Waals surface area contributed by atoms with E-state index in [-0.39, 0.29) is 5.91 Å². The van der Waals surface area contributed by atoms with Gasteiger partial charge >= 0.3 is 0 Å². The molecule has 2 heterocycles. The predicted octanol–water partition coefficient (Wildman–Crippen LogP) is 3.27. The molecular formula is C22H22N4O3. The van der Waals surface area contributed by atoms with Gasteiger partial charge in [-0.05, 0) is 31.0 Å². The lowest BCUT2D eigenvalue weighted by atomic mass is 10.1. The highest BCUT2D eigenvalue weighted by Crippen LogP contribution is 2.33. The first-order chi connectivity index (χ1) is 14.2. The third-order valence-electron chi connectivity index (χ3n) is 4.43. The molecule has 0 bridgehead atoms. The zero-order valence-corrected chi connectivity index (χ0v) is 16.1. The number of aryl methyl sites for hydroxylation is 1. The zero-order valence-electron chi connectivity index (χ0n) is 16.1. The summed E-state index contributed by atoms with van der Waals surface area (Å²) < 4.78 is 11.1. The van der Waals surface area contributed by atoms with Crippen LogP contribution in [-0.4, -0.2) is 35.6 Å². The van der Waals surface area contributed by atoms with Gasteiger partial charge in [0.2, 0.25) is 0 Å². The van der Waals surface area contributed by atoms with E-state index in [4.69, 9.17) is 9.47 Å². The SMILES string of the molecule is Cc1nc(Nc2ccc3c(c2)OCCO3)cc(C(=O)NCCc2ccccc2)n1. The number of nitrogens with one attached hydrogen (secondary N) is 2. The molecule has 3 aromatic rings. The number of hydrogen-bond acceptors (Lipinski definition) is 6. The Morgan fingerprint density at radius 1 is 1.00 bits per heavy atom. The Hall–Kier alpha value is -3.61. The van der Waals surface area contributed by atoms with Crippen LogP contribution in [0.1, 0.15) is 21.9 Å². The van der Waals surface area contributed by atoms with E-state index < -0.39 is 0 Å². The largest absolute Gasteiger partial charge is 0.486 e. The average molecular weight is 390 g/mol. The van der Waals surface area contributed by atoms with Gasteiger partial charge in [-0.25, -0.2) is 9.97 Å². The van der Waals surface area contributed by atoms with Crippen LogP contribution in [-0.2, 0) is 6.42 Å². The Bertz CT molecular complexity index is 1010. The quantitative estimate of drug-likeness (QED) is 0.672. The van der Waals surface area contributed by atoms with Crippen molar-refractivity contribution in [2.45, 2.75) is 13.3 Å². The molecule has 0 atom stereocenters. The fourth-order valence-electron chi connectivity index (χ4n) is 3.07. The first-order valence-electron chi connectivity index (χ1n) is 9.52. The standard InChI is InChI=1S/C22H22N4O3/c1-15-24-18(22(27)23-10-9-16-5-3-2-4-6-16)14-21(25-15)26-17-7-8-19-20(13-17)29-12-11-28-19/h2-8,13-14H,9-12H2,1H3,(H,23,27)(H,24,25,26). The molecular weight excluding hydrogens is 368 g/mol. The van der Waals surface area contributed by atoms with Crippen LogP contribution >= 0.6 is 0 Å². The van der Waals surface area contributed by atoms with Gasteiger partial charge in [0.05, 0.1) is 0 Å². The summed E-state index contributed by atoms with van der Waals surface area (Å²) in [5, 5.41) is 6.12. The third-order valence-corrected chi connectivity index (χ3v) is 4.43. The van der Waals surface area contributed by atoms with Crippen molar-refractivity contribution in [1.82, 2.24) is 15.3 Å². The van der Waals surface area contributed by atoms with Crippen LogP contribution in [0.4, 0.5) is 11.5 Å². The number of anilines is 2. The number of carbonyl (C=O) groups excluding carboxylic acids is 1.